The highest BCUT2D eigenvalue weighted by Crippen LogP contribution is 2.62. The van der Waals surface area contributed by atoms with Crippen LogP contribution in [0.15, 0.2) is 60.7 Å². The zero-order valence-electron chi connectivity index (χ0n) is 12.6. The lowest BCUT2D eigenvalue weighted by Gasteiger charge is -2.36. The summed E-state index contributed by atoms with van der Waals surface area (Å²) < 4.78 is 0. The van der Waals surface area contributed by atoms with E-state index in [1.165, 1.54) is 11.1 Å². The highest BCUT2D eigenvalue weighted by atomic mass is 31.2. The molecule has 2 aromatic rings. The highest BCUT2D eigenvalue weighted by Gasteiger charge is 2.32. The first-order chi connectivity index (χ1) is 9.41. The smallest absolute Gasteiger partial charge is 0.00815 e. The van der Waals surface area contributed by atoms with E-state index in [1.54, 1.807) is 0 Å². The van der Waals surface area contributed by atoms with Crippen LogP contribution in [0.1, 0.15) is 31.9 Å². The fourth-order valence-corrected chi connectivity index (χ4v) is 5.05. The lowest BCUT2D eigenvalue weighted by atomic mass is 10.2. The van der Waals surface area contributed by atoms with Crippen LogP contribution >= 0.6 is 7.05 Å². The summed E-state index contributed by atoms with van der Waals surface area (Å²) in [4.78, 5) is 0. The van der Waals surface area contributed by atoms with Gasteiger partial charge in [-0.25, -0.2) is 0 Å². The average Bonchev–Trinajstić information content (AvgIpc) is 2.39. The molecule has 0 saturated heterocycles. The molecule has 2 aromatic carbocycles. The highest BCUT2D eigenvalue weighted by molar-refractivity contribution is 7.65. The topological polar surface area (TPSA) is 23.9 Å². The van der Waals surface area contributed by atoms with Crippen LogP contribution in [-0.2, 0) is 12.3 Å². The van der Waals surface area contributed by atoms with Gasteiger partial charge in [-0.3, -0.25) is 0 Å². The maximum Gasteiger partial charge on any atom is 0.00815 e. The van der Waals surface area contributed by atoms with E-state index in [2.05, 4.69) is 69.3 Å². The van der Waals surface area contributed by atoms with Crippen molar-refractivity contribution in [3.63, 3.8) is 0 Å². The van der Waals surface area contributed by atoms with E-state index in [0.29, 0.717) is 0 Å². The molecule has 1 N–H and O–H groups in total. The summed E-state index contributed by atoms with van der Waals surface area (Å²) in [6.07, 6.45) is 1.79. The summed E-state index contributed by atoms with van der Waals surface area (Å²) in [5.41, 5.74) is 2.59. The Bertz CT molecular complexity index is 536. The maximum absolute atomic E-state index is 9.16. The van der Waals surface area contributed by atoms with Crippen molar-refractivity contribution in [2.75, 3.05) is 0 Å². The lowest BCUT2D eigenvalue weighted by Crippen LogP contribution is -2.17. The lowest BCUT2D eigenvalue weighted by molar-refractivity contribution is 0.763. The zero-order chi connectivity index (χ0) is 14.6. The minimum Gasteiger partial charge on any atom is -0.317 e. The summed E-state index contributed by atoms with van der Waals surface area (Å²) in [6.45, 7) is 6.67. The van der Waals surface area contributed by atoms with Gasteiger partial charge in [0.05, 0.1) is 0 Å². The predicted octanol–water partition coefficient (Wildman–Crippen LogP) is 5.97. The Labute approximate surface area is 122 Å². The molecule has 0 fully saturated rings. The van der Waals surface area contributed by atoms with E-state index in [-0.39, 0.29) is 5.16 Å². The van der Waals surface area contributed by atoms with Gasteiger partial charge in [0.15, 0.2) is 0 Å². The van der Waals surface area contributed by atoms with Gasteiger partial charge < -0.3 is 5.16 Å². The van der Waals surface area contributed by atoms with E-state index < -0.39 is 7.05 Å². The second kappa shape index (κ2) is 5.97. The molecule has 0 bridgehead atoms. The minimum atomic E-state index is -1.85. The fourth-order valence-electron chi connectivity index (χ4n) is 2.32. The van der Waals surface area contributed by atoms with E-state index >= 15 is 0 Å². The first-order valence-corrected chi connectivity index (χ1v) is 9.27. The molecular formula is C18H24NP. The van der Waals surface area contributed by atoms with Crippen LogP contribution in [-0.4, -0.2) is 5.16 Å². The van der Waals surface area contributed by atoms with Crippen molar-refractivity contribution in [1.82, 2.24) is 0 Å². The molecule has 0 spiro atoms. The Kier molecular flexibility index (Phi) is 4.50. The first kappa shape index (κ1) is 15.1. The summed E-state index contributed by atoms with van der Waals surface area (Å²) in [7, 11) is -1.85. The molecule has 0 aliphatic heterocycles. The molecule has 0 heterocycles. The van der Waals surface area contributed by atoms with Crippen molar-refractivity contribution in [1.29, 1.82) is 5.16 Å². The van der Waals surface area contributed by atoms with Crippen LogP contribution in [0.3, 0.4) is 0 Å². The second-order valence-corrected chi connectivity index (χ2v) is 10.3. The molecule has 2 heteroatoms. The number of benzene rings is 2. The predicted molar refractivity (Wildman–Crippen MR) is 89.7 cm³/mol. The number of hydrogen-bond donors (Lipinski definition) is 1. The van der Waals surface area contributed by atoms with Gasteiger partial charge in [0.2, 0.25) is 0 Å². The third kappa shape index (κ3) is 3.61. The van der Waals surface area contributed by atoms with Crippen LogP contribution in [0.25, 0.3) is 0 Å². The third-order valence-corrected chi connectivity index (χ3v) is 8.25. The Hall–Kier alpha value is -1.33. The Morgan fingerprint density at radius 2 is 1.10 bits per heavy atom. The molecular weight excluding hydrogens is 261 g/mol. The quantitative estimate of drug-likeness (QED) is 0.670. The molecule has 0 aliphatic rings. The van der Waals surface area contributed by atoms with Gasteiger partial charge in [0.1, 0.15) is 0 Å². The Morgan fingerprint density at radius 1 is 0.750 bits per heavy atom. The first-order valence-electron chi connectivity index (χ1n) is 7.11. The molecule has 2 rings (SSSR count). The molecule has 0 amide bonds. The van der Waals surface area contributed by atoms with Crippen molar-refractivity contribution < 1.29 is 0 Å². The van der Waals surface area contributed by atoms with E-state index in [1.807, 2.05) is 12.1 Å². The number of rotatable bonds is 4. The van der Waals surface area contributed by atoms with Crippen molar-refractivity contribution in [3.8, 4) is 0 Å². The molecule has 1 nitrogen and oxygen atoms in total. The van der Waals surface area contributed by atoms with E-state index in [0.717, 1.165) is 12.3 Å². The van der Waals surface area contributed by atoms with Gasteiger partial charge >= 0.3 is 0 Å². The third-order valence-electron chi connectivity index (χ3n) is 3.87. The van der Waals surface area contributed by atoms with Gasteiger partial charge in [-0.1, -0.05) is 81.4 Å². The van der Waals surface area contributed by atoms with E-state index in [4.69, 9.17) is 5.16 Å². The average molecular weight is 285 g/mol. The molecule has 0 aromatic heterocycles. The van der Waals surface area contributed by atoms with Crippen molar-refractivity contribution >= 4 is 7.05 Å². The summed E-state index contributed by atoms with van der Waals surface area (Å²) in [5.74, 6) is 0. The van der Waals surface area contributed by atoms with Crippen LogP contribution in [0, 0.1) is 5.16 Å². The molecule has 0 unspecified atom stereocenters. The Morgan fingerprint density at radius 3 is 1.40 bits per heavy atom. The number of nitrogens with one attached hydrogen (secondary N) is 1. The van der Waals surface area contributed by atoms with Crippen molar-refractivity contribution in [2.45, 2.75) is 38.3 Å². The van der Waals surface area contributed by atoms with Gasteiger partial charge in [0.25, 0.3) is 0 Å². The molecule has 0 saturated carbocycles. The number of hydrogen-bond acceptors (Lipinski definition) is 1. The molecule has 106 valence electrons. The van der Waals surface area contributed by atoms with E-state index in [9.17, 15) is 0 Å². The minimum absolute atomic E-state index is 0.0404. The van der Waals surface area contributed by atoms with Crippen molar-refractivity contribution in [2.24, 2.45) is 0 Å². The monoisotopic (exact) mass is 285 g/mol. The SMILES string of the molecule is CC(C)(C)P(=N)(Cc1ccccc1)Cc1ccccc1. The standard InChI is InChI=1S/C18H24NP/c1-18(2,3)20(19,14-16-10-6-4-7-11-16)15-17-12-8-5-9-13-17/h4-13,19H,14-15H2,1-3H3. The molecule has 0 atom stereocenters. The normalized spacial score (nSPS) is 12.3. The molecule has 0 aliphatic carbocycles. The zero-order valence-corrected chi connectivity index (χ0v) is 13.5. The van der Waals surface area contributed by atoms with Crippen LogP contribution in [0.5, 0.6) is 0 Å². The van der Waals surface area contributed by atoms with Crippen LogP contribution < -0.4 is 0 Å². The summed E-state index contributed by atoms with van der Waals surface area (Å²) >= 11 is 0. The van der Waals surface area contributed by atoms with Crippen LogP contribution in [0.4, 0.5) is 0 Å². The maximum atomic E-state index is 9.16. The summed E-state index contributed by atoms with van der Waals surface area (Å²) in [5, 5.41) is 9.20. The second-order valence-electron chi connectivity index (χ2n) is 6.43. The Balaban J connectivity index is 2.30. The fraction of sp³-hybridized carbons (Fsp3) is 0.333. The molecule has 0 radical (unpaired) electrons. The summed E-state index contributed by atoms with van der Waals surface area (Å²) in [6, 6.07) is 21.0. The largest absolute Gasteiger partial charge is 0.317 e. The van der Waals surface area contributed by atoms with Crippen LogP contribution in [0.2, 0.25) is 0 Å². The van der Waals surface area contributed by atoms with Gasteiger partial charge in [-0.2, -0.15) is 0 Å². The van der Waals surface area contributed by atoms with Gasteiger partial charge in [0, 0.05) is 12.3 Å². The van der Waals surface area contributed by atoms with Gasteiger partial charge in [-0.05, 0) is 23.3 Å². The van der Waals surface area contributed by atoms with Gasteiger partial charge in [-0.15, -0.1) is 0 Å². The van der Waals surface area contributed by atoms with Crippen molar-refractivity contribution in [3.05, 3.63) is 71.8 Å². The molecule has 20 heavy (non-hydrogen) atoms.